The first-order chi connectivity index (χ1) is 22.2. The maximum Gasteiger partial charge on any atom is 0.410 e. The van der Waals surface area contributed by atoms with E-state index in [1.807, 2.05) is 65.6 Å². The number of likely N-dealkylation sites (N-methyl/N-ethyl adjacent to an activating group) is 1. The Morgan fingerprint density at radius 2 is 1.39 bits per heavy atom. The second-order valence-corrected chi connectivity index (χ2v) is 13.1. The van der Waals surface area contributed by atoms with E-state index in [9.17, 15) is 25.0 Å². The number of aliphatic hydroxyl groups is 2. The van der Waals surface area contributed by atoms with Crippen molar-refractivity contribution in [2.24, 2.45) is 23.7 Å². The highest BCUT2D eigenvalue weighted by Gasteiger charge is 2.48. The molecule has 1 saturated carbocycles. The minimum atomic E-state index is -0.716. The Balaban J connectivity index is 0.000000148. The number of hydroxylamine groups is 3. The normalized spacial score (nSPS) is 28.7. The minimum absolute atomic E-state index is 0.0192. The third-order valence-corrected chi connectivity index (χ3v) is 9.53. The van der Waals surface area contributed by atoms with Crippen LogP contribution in [0.4, 0.5) is 9.59 Å². The quantitative estimate of drug-likeness (QED) is 0.294. The zero-order chi connectivity index (χ0) is 32.5. The maximum atomic E-state index is 12.0. The molecule has 2 aromatic rings. The zero-order valence-corrected chi connectivity index (χ0v) is 26.6. The number of aliphatic hydroxyl groups excluding tert-OH is 2. The lowest BCUT2D eigenvalue weighted by Crippen LogP contribution is -2.46. The third-order valence-electron chi connectivity index (χ3n) is 9.53. The standard InChI is InChI=1S/C15H19NO4.C15H17NO2.C5H11NO2/c17-13-6-11-7-16(8-12(11)14(13)18)15(19)20-9-10-4-2-1-3-5-10;17-15(18-11-12-5-2-1-3-6-12)16-9-13-7-4-8-14(13)10-16;1-6(7)2-4-8-5-3-6/h1-5,11-14,17-18H,6-9H2;1-7,13-14H,8-11H2;2-5H2,1H3/t11-,12+,13+,14-;13-,14+;/m01./s1. The van der Waals surface area contributed by atoms with Gasteiger partial charge in [0.15, 0.2) is 0 Å². The maximum absolute atomic E-state index is 12.0. The Hall–Kier alpha value is -3.48. The van der Waals surface area contributed by atoms with Crippen LogP contribution in [-0.2, 0) is 27.4 Å². The van der Waals surface area contributed by atoms with Gasteiger partial charge in [-0.2, -0.15) is 0 Å². The smallest absolute Gasteiger partial charge is 0.410 e. The van der Waals surface area contributed by atoms with Crippen molar-refractivity contribution in [2.75, 3.05) is 59.5 Å². The number of carbonyl (C=O) groups is 2. The highest BCUT2D eigenvalue weighted by atomic mass is 16.6. The first-order valence-electron chi connectivity index (χ1n) is 16.3. The van der Waals surface area contributed by atoms with E-state index in [2.05, 4.69) is 12.2 Å². The van der Waals surface area contributed by atoms with Gasteiger partial charge in [-0.15, -0.1) is 0 Å². The average Bonchev–Trinajstić information content (AvgIpc) is 3.83. The zero-order valence-electron chi connectivity index (χ0n) is 26.6. The van der Waals surface area contributed by atoms with Crippen molar-refractivity contribution in [1.82, 2.24) is 9.80 Å². The molecule has 0 unspecified atom stereocenters. The number of carbonyl (C=O) groups excluding carboxylic acids is 2. The van der Waals surface area contributed by atoms with Gasteiger partial charge in [0.05, 0.1) is 32.5 Å². The monoisotopic (exact) mass is 637 g/mol. The van der Waals surface area contributed by atoms with Crippen LogP contribution in [0.3, 0.4) is 0 Å². The Morgan fingerprint density at radius 3 is 1.89 bits per heavy atom. The largest absolute Gasteiger partial charge is 0.633 e. The molecule has 11 heteroatoms. The van der Waals surface area contributed by atoms with E-state index in [1.165, 1.54) is 0 Å². The van der Waals surface area contributed by atoms with Gasteiger partial charge in [0.1, 0.15) is 26.3 Å². The number of ether oxygens (including phenoxy) is 3. The van der Waals surface area contributed by atoms with E-state index in [-0.39, 0.29) is 35.3 Å². The number of rotatable bonds is 4. The lowest BCUT2D eigenvalue weighted by molar-refractivity contribution is -0.869. The number of fused-ring (bicyclic) bond motifs is 2. The summed E-state index contributed by atoms with van der Waals surface area (Å²) >= 11 is 0. The molecule has 6 atom stereocenters. The van der Waals surface area contributed by atoms with E-state index in [0.29, 0.717) is 64.3 Å². The van der Waals surface area contributed by atoms with E-state index < -0.39 is 12.2 Å². The van der Waals surface area contributed by atoms with Crippen molar-refractivity contribution in [3.05, 3.63) is 89.1 Å². The first kappa shape index (κ1) is 33.9. The Labute approximate surface area is 271 Å². The molecule has 0 bridgehead atoms. The summed E-state index contributed by atoms with van der Waals surface area (Å²) < 4.78 is 15.5. The second kappa shape index (κ2) is 15.9. The van der Waals surface area contributed by atoms with E-state index in [1.54, 1.807) is 11.9 Å². The Morgan fingerprint density at radius 1 is 0.848 bits per heavy atom. The van der Waals surface area contributed by atoms with Gasteiger partial charge in [0, 0.05) is 32.1 Å². The summed E-state index contributed by atoms with van der Waals surface area (Å²) in [4.78, 5) is 27.4. The van der Waals surface area contributed by atoms with Crippen LogP contribution in [-0.4, -0.2) is 109 Å². The SMILES string of the molecule is C[N+]1([O-])CCOCC1.O=C(OCc1ccccc1)N1C[C@@H]2CC=C[C@@H]2C1.O=C(OCc1ccccc1)N1C[C@@H]2C[C@@H](O)[C@@H](O)[C@@H]2C1. The lowest BCUT2D eigenvalue weighted by Gasteiger charge is -2.41. The highest BCUT2D eigenvalue weighted by molar-refractivity contribution is 5.68. The number of benzene rings is 2. The second-order valence-electron chi connectivity index (χ2n) is 13.1. The molecule has 2 aliphatic carbocycles. The van der Waals surface area contributed by atoms with E-state index in [4.69, 9.17) is 14.2 Å². The third kappa shape index (κ3) is 9.29. The molecule has 250 valence electrons. The van der Waals surface area contributed by atoms with Crippen LogP contribution >= 0.6 is 0 Å². The molecule has 0 radical (unpaired) electrons. The molecule has 46 heavy (non-hydrogen) atoms. The number of hydrogen-bond donors (Lipinski definition) is 2. The van der Waals surface area contributed by atoms with Gasteiger partial charge in [0.25, 0.3) is 0 Å². The molecule has 3 aliphatic heterocycles. The van der Waals surface area contributed by atoms with Crippen LogP contribution < -0.4 is 0 Å². The molecule has 7 rings (SSSR count). The van der Waals surface area contributed by atoms with Crippen LogP contribution in [0.2, 0.25) is 0 Å². The summed E-state index contributed by atoms with van der Waals surface area (Å²) in [6.45, 7) is 5.78. The lowest BCUT2D eigenvalue weighted by atomic mass is 9.99. The minimum Gasteiger partial charge on any atom is -0.633 e. The van der Waals surface area contributed by atoms with E-state index >= 15 is 0 Å². The first-order valence-corrected chi connectivity index (χ1v) is 16.3. The van der Waals surface area contributed by atoms with Gasteiger partial charge < -0.3 is 44.1 Å². The number of nitrogens with zero attached hydrogens (tertiary/aromatic N) is 3. The molecular weight excluding hydrogens is 590 g/mol. The number of quaternary nitrogens is 1. The van der Waals surface area contributed by atoms with Crippen molar-refractivity contribution in [3.63, 3.8) is 0 Å². The molecule has 0 spiro atoms. The van der Waals surface area contributed by atoms with E-state index in [0.717, 1.165) is 30.6 Å². The topological polar surface area (TPSA) is 132 Å². The summed E-state index contributed by atoms with van der Waals surface area (Å²) in [5.74, 6) is 1.34. The number of likely N-dealkylation sites (tertiary alicyclic amines) is 2. The summed E-state index contributed by atoms with van der Waals surface area (Å²) in [5.41, 5.74) is 1.99. The number of hydrogen-bond acceptors (Lipinski definition) is 8. The molecule has 3 saturated heterocycles. The van der Waals surface area contributed by atoms with Crippen LogP contribution in [0, 0.1) is 28.9 Å². The fourth-order valence-electron chi connectivity index (χ4n) is 6.71. The van der Waals surface area contributed by atoms with Crippen LogP contribution in [0.15, 0.2) is 72.8 Å². The van der Waals surface area contributed by atoms with Gasteiger partial charge in [-0.25, -0.2) is 9.59 Å². The molecular formula is C35H47N3O8. The van der Waals surface area contributed by atoms with Crippen molar-refractivity contribution < 1.29 is 38.7 Å². The van der Waals surface area contributed by atoms with Crippen molar-refractivity contribution in [3.8, 4) is 0 Å². The summed E-state index contributed by atoms with van der Waals surface area (Å²) in [7, 11) is 1.68. The van der Waals surface area contributed by atoms with Gasteiger partial charge in [-0.3, -0.25) is 0 Å². The molecule has 2 aromatic carbocycles. The van der Waals surface area contributed by atoms with Crippen molar-refractivity contribution in [1.29, 1.82) is 0 Å². The van der Waals surface area contributed by atoms with Gasteiger partial charge in [-0.05, 0) is 41.7 Å². The van der Waals surface area contributed by atoms with Crippen LogP contribution in [0.25, 0.3) is 0 Å². The Kier molecular flexibility index (Phi) is 11.7. The highest BCUT2D eigenvalue weighted by Crippen LogP contribution is 2.38. The van der Waals surface area contributed by atoms with Gasteiger partial charge in [0.2, 0.25) is 0 Å². The number of morpholine rings is 1. The molecule has 3 heterocycles. The fraction of sp³-hybridized carbons (Fsp3) is 0.543. The van der Waals surface area contributed by atoms with Gasteiger partial charge in [-0.1, -0.05) is 72.8 Å². The number of amides is 2. The van der Waals surface area contributed by atoms with Crippen LogP contribution in [0.5, 0.6) is 0 Å². The molecule has 11 nitrogen and oxygen atoms in total. The summed E-state index contributed by atoms with van der Waals surface area (Å²) in [6, 6.07) is 19.3. The van der Waals surface area contributed by atoms with Crippen LogP contribution in [0.1, 0.15) is 24.0 Å². The van der Waals surface area contributed by atoms with Gasteiger partial charge >= 0.3 is 12.2 Å². The predicted octanol–water partition coefficient (Wildman–Crippen LogP) is 3.79. The fourth-order valence-corrected chi connectivity index (χ4v) is 6.71. The molecule has 4 fully saturated rings. The number of allylic oxidation sites excluding steroid dienone is 1. The molecule has 2 amide bonds. The molecule has 5 aliphatic rings. The summed E-state index contributed by atoms with van der Waals surface area (Å²) in [5, 5.41) is 30.4. The molecule has 2 N–H and O–H groups in total. The molecule has 0 aromatic heterocycles. The van der Waals surface area contributed by atoms with Crippen molar-refractivity contribution >= 4 is 12.2 Å². The Bertz CT molecular complexity index is 1290. The average molecular weight is 638 g/mol. The summed E-state index contributed by atoms with van der Waals surface area (Å²) in [6.07, 6.45) is 4.24. The van der Waals surface area contributed by atoms with Crippen molar-refractivity contribution in [2.45, 2.75) is 38.3 Å². The predicted molar refractivity (Wildman–Crippen MR) is 171 cm³/mol.